The summed E-state index contributed by atoms with van der Waals surface area (Å²) < 4.78 is 0. The maximum absolute atomic E-state index is 8.53. The number of nitrogens with zero attached hydrogens (tertiary/aromatic N) is 2. The molecular weight excluding hydrogens is 164 g/mol. The molecule has 0 heterocycles. The van der Waals surface area contributed by atoms with Crippen LogP contribution in [0.15, 0.2) is 29.4 Å². The predicted molar refractivity (Wildman–Crippen MR) is 50.6 cm³/mol. The van der Waals surface area contributed by atoms with Crippen molar-refractivity contribution in [2.45, 2.75) is 13.8 Å². The van der Waals surface area contributed by atoms with E-state index >= 15 is 0 Å². The highest BCUT2D eigenvalue weighted by Crippen LogP contribution is 2.11. The summed E-state index contributed by atoms with van der Waals surface area (Å²) in [6.45, 7) is 3.70. The molecule has 0 unspecified atom stereocenters. The van der Waals surface area contributed by atoms with Crippen molar-refractivity contribution >= 4 is 5.71 Å². The Labute approximate surface area is 77.2 Å². The zero-order valence-electron chi connectivity index (χ0n) is 7.61. The molecule has 0 amide bonds. The average Bonchev–Trinajstić information content (AvgIpc) is 2.15. The van der Waals surface area contributed by atoms with Gasteiger partial charge in [0.1, 0.15) is 0 Å². The molecule has 0 fully saturated rings. The van der Waals surface area contributed by atoms with E-state index in [2.05, 4.69) is 5.16 Å². The SMILES string of the molecule is CC(C)=NOc1ccc(C#N)cc1. The molecule has 0 saturated carbocycles. The molecule has 0 N–H and O–H groups in total. The molecule has 1 aromatic rings. The van der Waals surface area contributed by atoms with Crippen LogP contribution in [-0.2, 0) is 0 Å². The van der Waals surface area contributed by atoms with E-state index in [-0.39, 0.29) is 0 Å². The second kappa shape index (κ2) is 4.27. The van der Waals surface area contributed by atoms with E-state index in [1.165, 1.54) is 0 Å². The molecule has 3 nitrogen and oxygen atoms in total. The predicted octanol–water partition coefficient (Wildman–Crippen LogP) is 2.33. The Balaban J connectivity index is 2.71. The topological polar surface area (TPSA) is 45.4 Å². The highest BCUT2D eigenvalue weighted by molar-refractivity contribution is 5.78. The quantitative estimate of drug-likeness (QED) is 0.510. The minimum atomic E-state index is 0.615. The van der Waals surface area contributed by atoms with Crippen molar-refractivity contribution in [1.82, 2.24) is 0 Å². The fourth-order valence-electron chi connectivity index (χ4n) is 0.734. The third kappa shape index (κ3) is 2.96. The maximum atomic E-state index is 8.53. The molecule has 0 aromatic heterocycles. The fraction of sp³-hybridized carbons (Fsp3) is 0.200. The van der Waals surface area contributed by atoms with Crippen LogP contribution in [0.1, 0.15) is 19.4 Å². The number of hydrogen-bond acceptors (Lipinski definition) is 3. The number of nitriles is 1. The third-order valence-corrected chi connectivity index (χ3v) is 1.32. The molecule has 0 saturated heterocycles. The summed E-state index contributed by atoms with van der Waals surface area (Å²) in [5.41, 5.74) is 1.47. The van der Waals surface area contributed by atoms with Crippen molar-refractivity contribution < 1.29 is 4.84 Å². The van der Waals surface area contributed by atoms with Crippen LogP contribution >= 0.6 is 0 Å². The molecule has 0 bridgehead atoms. The molecule has 1 rings (SSSR count). The highest BCUT2D eigenvalue weighted by atomic mass is 16.6. The zero-order chi connectivity index (χ0) is 9.68. The van der Waals surface area contributed by atoms with Crippen LogP contribution in [-0.4, -0.2) is 5.71 Å². The summed E-state index contributed by atoms with van der Waals surface area (Å²) in [7, 11) is 0. The van der Waals surface area contributed by atoms with Gasteiger partial charge in [-0.2, -0.15) is 5.26 Å². The summed E-state index contributed by atoms with van der Waals surface area (Å²) >= 11 is 0. The van der Waals surface area contributed by atoms with Gasteiger partial charge in [0.05, 0.1) is 17.3 Å². The molecule has 0 aliphatic carbocycles. The van der Waals surface area contributed by atoms with Crippen molar-refractivity contribution in [3.8, 4) is 11.8 Å². The Bertz CT molecular complexity index is 342. The van der Waals surface area contributed by atoms with E-state index in [1.54, 1.807) is 24.3 Å². The standard InChI is InChI=1S/C10H10N2O/c1-8(2)12-13-10-5-3-9(7-11)4-6-10/h3-6H,1-2H3. The van der Waals surface area contributed by atoms with Gasteiger partial charge in [-0.1, -0.05) is 5.16 Å². The van der Waals surface area contributed by atoms with E-state index in [9.17, 15) is 0 Å². The average molecular weight is 174 g/mol. The lowest BCUT2D eigenvalue weighted by atomic mass is 10.2. The summed E-state index contributed by atoms with van der Waals surface area (Å²) in [4.78, 5) is 5.05. The molecule has 0 aliphatic heterocycles. The maximum Gasteiger partial charge on any atom is 0.158 e. The van der Waals surface area contributed by atoms with Crippen molar-refractivity contribution in [1.29, 1.82) is 5.26 Å². The van der Waals surface area contributed by atoms with Gasteiger partial charge in [-0.15, -0.1) is 0 Å². The van der Waals surface area contributed by atoms with Gasteiger partial charge in [0.25, 0.3) is 0 Å². The molecule has 0 atom stereocenters. The van der Waals surface area contributed by atoms with Gasteiger partial charge in [-0.25, -0.2) is 0 Å². The number of hydrogen-bond donors (Lipinski definition) is 0. The van der Waals surface area contributed by atoms with E-state index in [0.29, 0.717) is 11.3 Å². The van der Waals surface area contributed by atoms with E-state index < -0.39 is 0 Å². The van der Waals surface area contributed by atoms with Gasteiger partial charge in [0.2, 0.25) is 0 Å². The van der Waals surface area contributed by atoms with Crippen LogP contribution in [0, 0.1) is 11.3 Å². The molecular formula is C10H10N2O. The number of oxime groups is 1. The van der Waals surface area contributed by atoms with Crippen LogP contribution in [0.5, 0.6) is 5.75 Å². The van der Waals surface area contributed by atoms with Crippen molar-refractivity contribution in [3.05, 3.63) is 29.8 Å². The Morgan fingerprint density at radius 1 is 1.31 bits per heavy atom. The first kappa shape index (κ1) is 9.27. The minimum absolute atomic E-state index is 0.615. The van der Waals surface area contributed by atoms with Crippen molar-refractivity contribution in [3.63, 3.8) is 0 Å². The first-order valence-corrected chi connectivity index (χ1v) is 3.91. The van der Waals surface area contributed by atoms with Gasteiger partial charge in [-0.3, -0.25) is 0 Å². The normalized spacial score (nSPS) is 8.69. The van der Waals surface area contributed by atoms with Crippen LogP contribution in [0.2, 0.25) is 0 Å². The van der Waals surface area contributed by atoms with Crippen LogP contribution < -0.4 is 4.84 Å². The van der Waals surface area contributed by atoms with Crippen LogP contribution in [0.3, 0.4) is 0 Å². The molecule has 0 spiro atoms. The molecule has 3 heteroatoms. The summed E-state index contributed by atoms with van der Waals surface area (Å²) in [6.07, 6.45) is 0. The van der Waals surface area contributed by atoms with E-state index in [4.69, 9.17) is 10.1 Å². The van der Waals surface area contributed by atoms with Gasteiger partial charge < -0.3 is 4.84 Å². The monoisotopic (exact) mass is 174 g/mol. The van der Waals surface area contributed by atoms with Gasteiger partial charge in [0, 0.05) is 0 Å². The zero-order valence-corrected chi connectivity index (χ0v) is 7.61. The Morgan fingerprint density at radius 2 is 1.92 bits per heavy atom. The molecule has 13 heavy (non-hydrogen) atoms. The fourth-order valence-corrected chi connectivity index (χ4v) is 0.734. The van der Waals surface area contributed by atoms with Gasteiger partial charge >= 0.3 is 0 Å². The Hall–Kier alpha value is -1.82. The van der Waals surface area contributed by atoms with Gasteiger partial charge in [-0.05, 0) is 38.1 Å². The number of rotatable bonds is 2. The van der Waals surface area contributed by atoms with Crippen molar-refractivity contribution in [2.75, 3.05) is 0 Å². The van der Waals surface area contributed by atoms with E-state index in [0.717, 1.165) is 5.71 Å². The van der Waals surface area contributed by atoms with Crippen LogP contribution in [0.4, 0.5) is 0 Å². The molecule has 0 aliphatic rings. The second-order valence-electron chi connectivity index (χ2n) is 2.77. The van der Waals surface area contributed by atoms with Gasteiger partial charge in [0.15, 0.2) is 5.75 Å². The first-order chi connectivity index (χ1) is 6.22. The largest absolute Gasteiger partial charge is 0.357 e. The lowest BCUT2D eigenvalue weighted by molar-refractivity contribution is 0.340. The smallest absolute Gasteiger partial charge is 0.158 e. The highest BCUT2D eigenvalue weighted by Gasteiger charge is 1.92. The van der Waals surface area contributed by atoms with E-state index in [1.807, 2.05) is 19.9 Å². The first-order valence-electron chi connectivity index (χ1n) is 3.91. The minimum Gasteiger partial charge on any atom is -0.357 e. The Kier molecular flexibility index (Phi) is 3.04. The molecule has 1 aromatic carbocycles. The summed E-state index contributed by atoms with van der Waals surface area (Å²) in [5, 5.41) is 12.3. The third-order valence-electron chi connectivity index (χ3n) is 1.32. The lowest BCUT2D eigenvalue weighted by Gasteiger charge is -1.97. The summed E-state index contributed by atoms with van der Waals surface area (Å²) in [6, 6.07) is 8.83. The summed E-state index contributed by atoms with van der Waals surface area (Å²) in [5.74, 6) is 0.639. The molecule has 66 valence electrons. The second-order valence-corrected chi connectivity index (χ2v) is 2.77. The Morgan fingerprint density at radius 3 is 2.38 bits per heavy atom. The number of benzene rings is 1. The lowest BCUT2D eigenvalue weighted by Crippen LogP contribution is -1.88. The van der Waals surface area contributed by atoms with Crippen LogP contribution in [0.25, 0.3) is 0 Å². The van der Waals surface area contributed by atoms with Crippen molar-refractivity contribution in [2.24, 2.45) is 5.16 Å². The molecule has 0 radical (unpaired) electrons.